The third-order valence-electron chi connectivity index (χ3n) is 5.68. The van der Waals surface area contributed by atoms with E-state index in [9.17, 15) is 13.5 Å². The maximum Gasteiger partial charge on any atom is 0.240 e. The van der Waals surface area contributed by atoms with E-state index in [4.69, 9.17) is 0 Å². The van der Waals surface area contributed by atoms with Crippen LogP contribution in [0.15, 0.2) is 29.2 Å². The average molecular weight is 307 g/mol. The molecule has 3 aliphatic rings. The number of aliphatic hydroxyl groups is 1. The monoisotopic (exact) mass is 307 g/mol. The minimum Gasteiger partial charge on any atom is -0.389 e. The van der Waals surface area contributed by atoms with Crippen molar-refractivity contribution < 1.29 is 13.5 Å². The van der Waals surface area contributed by atoms with Crippen molar-refractivity contribution in [1.82, 2.24) is 4.72 Å². The quantitative estimate of drug-likeness (QED) is 0.895. The summed E-state index contributed by atoms with van der Waals surface area (Å²) < 4.78 is 28.0. The number of hydrogen-bond acceptors (Lipinski definition) is 3. The third kappa shape index (κ3) is 2.14. The fourth-order valence-electron chi connectivity index (χ4n) is 4.67. The number of sulfonamides is 1. The van der Waals surface area contributed by atoms with E-state index in [1.54, 1.807) is 31.2 Å². The summed E-state index contributed by atoms with van der Waals surface area (Å²) in [7, 11) is -3.48. The highest BCUT2D eigenvalue weighted by atomic mass is 32.2. The molecule has 0 aromatic heterocycles. The second-order valence-electron chi connectivity index (χ2n) is 6.88. The fourth-order valence-corrected chi connectivity index (χ4v) is 6.03. The first-order valence-corrected chi connectivity index (χ1v) is 9.26. The van der Waals surface area contributed by atoms with Gasteiger partial charge in [0, 0.05) is 6.04 Å². The molecule has 1 aromatic rings. The van der Waals surface area contributed by atoms with Crippen molar-refractivity contribution in [2.75, 3.05) is 0 Å². The standard InChI is InChI=1S/C16H21NO3S/c1-9(18)10-3-2-4-13(8-10)21(19,20)17-16-14-11-5-6-12(7-11)15(14)16/h2-4,8-9,11-12,14-18H,5-7H2,1H3. The molecule has 3 aliphatic carbocycles. The van der Waals surface area contributed by atoms with Gasteiger partial charge in [-0.3, -0.25) is 0 Å². The predicted molar refractivity (Wildman–Crippen MR) is 79.0 cm³/mol. The Morgan fingerprint density at radius 2 is 1.90 bits per heavy atom. The van der Waals surface area contributed by atoms with Gasteiger partial charge in [-0.25, -0.2) is 13.1 Å². The fraction of sp³-hybridized carbons (Fsp3) is 0.625. The van der Waals surface area contributed by atoms with Crippen molar-refractivity contribution in [2.24, 2.45) is 23.7 Å². The van der Waals surface area contributed by atoms with Crippen LogP contribution in [0.4, 0.5) is 0 Å². The number of benzene rings is 1. The normalized spacial score (nSPS) is 38.3. The summed E-state index contributed by atoms with van der Waals surface area (Å²) in [5, 5.41) is 9.60. The van der Waals surface area contributed by atoms with Crippen LogP contribution >= 0.6 is 0 Å². The summed E-state index contributed by atoms with van der Waals surface area (Å²) in [6.45, 7) is 1.64. The Kier molecular flexibility index (Phi) is 2.97. The Balaban J connectivity index is 1.54. The van der Waals surface area contributed by atoms with Gasteiger partial charge in [0.1, 0.15) is 0 Å². The minimum absolute atomic E-state index is 0.149. The van der Waals surface area contributed by atoms with Gasteiger partial charge >= 0.3 is 0 Å². The first-order chi connectivity index (χ1) is 9.97. The van der Waals surface area contributed by atoms with Gasteiger partial charge in [-0.1, -0.05) is 12.1 Å². The van der Waals surface area contributed by atoms with Gasteiger partial charge in [-0.15, -0.1) is 0 Å². The topological polar surface area (TPSA) is 66.4 Å². The molecule has 0 aliphatic heterocycles. The molecule has 4 nitrogen and oxygen atoms in total. The highest BCUT2D eigenvalue weighted by Crippen LogP contribution is 2.65. The number of nitrogens with one attached hydrogen (secondary N) is 1. The van der Waals surface area contributed by atoms with Crippen molar-refractivity contribution in [3.63, 3.8) is 0 Å². The first kappa shape index (κ1) is 13.7. The van der Waals surface area contributed by atoms with Gasteiger partial charge in [-0.05, 0) is 67.6 Å². The molecule has 5 heteroatoms. The first-order valence-electron chi connectivity index (χ1n) is 7.78. The molecule has 0 amide bonds. The Morgan fingerprint density at radius 1 is 1.24 bits per heavy atom. The molecule has 0 spiro atoms. The molecule has 2 N–H and O–H groups in total. The summed E-state index contributed by atoms with van der Waals surface area (Å²) in [6, 6.07) is 6.75. The summed E-state index contributed by atoms with van der Waals surface area (Å²) in [5.74, 6) is 2.66. The van der Waals surface area contributed by atoms with Crippen LogP contribution in [0.25, 0.3) is 0 Å². The molecule has 0 heterocycles. The SMILES string of the molecule is CC(O)c1cccc(S(=O)(=O)NC2C3C4CCC(C4)C23)c1. The van der Waals surface area contributed by atoms with Crippen molar-refractivity contribution in [2.45, 2.75) is 43.2 Å². The van der Waals surface area contributed by atoms with Crippen LogP contribution in [0.1, 0.15) is 37.9 Å². The average Bonchev–Trinajstić information content (AvgIpc) is 2.85. The van der Waals surface area contributed by atoms with Crippen LogP contribution in [0.3, 0.4) is 0 Å². The Bertz CT molecular complexity index is 654. The van der Waals surface area contributed by atoms with Crippen LogP contribution in [-0.2, 0) is 10.0 Å². The number of fused-ring (bicyclic) bond motifs is 5. The summed E-state index contributed by atoms with van der Waals surface area (Å²) in [4.78, 5) is 0.262. The molecule has 5 unspecified atom stereocenters. The van der Waals surface area contributed by atoms with E-state index in [0.29, 0.717) is 17.4 Å². The van der Waals surface area contributed by atoms with Crippen molar-refractivity contribution in [3.8, 4) is 0 Å². The van der Waals surface area contributed by atoms with E-state index in [2.05, 4.69) is 4.72 Å². The van der Waals surface area contributed by atoms with Crippen molar-refractivity contribution in [3.05, 3.63) is 29.8 Å². The van der Waals surface area contributed by atoms with E-state index < -0.39 is 16.1 Å². The second-order valence-corrected chi connectivity index (χ2v) is 8.60. The highest BCUT2D eigenvalue weighted by molar-refractivity contribution is 7.89. The van der Waals surface area contributed by atoms with Crippen molar-refractivity contribution >= 4 is 10.0 Å². The van der Waals surface area contributed by atoms with Crippen LogP contribution in [0.5, 0.6) is 0 Å². The Morgan fingerprint density at radius 3 is 2.52 bits per heavy atom. The molecule has 1 aromatic carbocycles. The Labute approximate surface area is 125 Å². The van der Waals surface area contributed by atoms with E-state index in [0.717, 1.165) is 11.8 Å². The molecule has 114 valence electrons. The summed E-state index contributed by atoms with van der Waals surface area (Å²) in [5.41, 5.74) is 0.633. The molecular formula is C16H21NO3S. The molecule has 0 radical (unpaired) electrons. The second kappa shape index (κ2) is 4.54. The lowest BCUT2D eigenvalue weighted by Crippen LogP contribution is -2.30. The molecule has 3 fully saturated rings. The maximum absolute atomic E-state index is 12.5. The number of rotatable bonds is 4. The summed E-state index contributed by atoms with van der Waals surface area (Å²) in [6.07, 6.45) is 3.21. The van der Waals surface area contributed by atoms with Crippen LogP contribution in [0.2, 0.25) is 0 Å². The molecule has 21 heavy (non-hydrogen) atoms. The zero-order valence-electron chi connectivity index (χ0n) is 12.1. The van der Waals surface area contributed by atoms with Gasteiger partial charge < -0.3 is 5.11 Å². The van der Waals surface area contributed by atoms with Crippen molar-refractivity contribution in [1.29, 1.82) is 0 Å². The largest absolute Gasteiger partial charge is 0.389 e. The van der Waals surface area contributed by atoms with Gasteiger partial charge in [0.25, 0.3) is 0 Å². The molecule has 4 rings (SSSR count). The lowest BCUT2D eigenvalue weighted by molar-refractivity contribution is 0.199. The minimum atomic E-state index is -3.48. The zero-order chi connectivity index (χ0) is 14.8. The van der Waals surface area contributed by atoms with Crippen LogP contribution < -0.4 is 4.72 Å². The Hall–Kier alpha value is -0.910. The predicted octanol–water partition coefficient (Wildman–Crippen LogP) is 2.06. The van der Waals surface area contributed by atoms with Gasteiger partial charge in [0.05, 0.1) is 11.0 Å². The third-order valence-corrected chi connectivity index (χ3v) is 7.13. The molecule has 5 atom stereocenters. The van der Waals surface area contributed by atoms with E-state index in [-0.39, 0.29) is 10.9 Å². The number of hydrogen-bond donors (Lipinski definition) is 2. The smallest absolute Gasteiger partial charge is 0.240 e. The molecule has 0 saturated heterocycles. The number of aliphatic hydroxyl groups excluding tert-OH is 1. The van der Waals surface area contributed by atoms with Gasteiger partial charge in [0.15, 0.2) is 0 Å². The van der Waals surface area contributed by atoms with E-state index in [1.165, 1.54) is 19.3 Å². The zero-order valence-corrected chi connectivity index (χ0v) is 12.9. The maximum atomic E-state index is 12.5. The highest BCUT2D eigenvalue weighted by Gasteiger charge is 2.65. The lowest BCUT2D eigenvalue weighted by Gasteiger charge is -2.12. The molecule has 3 saturated carbocycles. The van der Waals surface area contributed by atoms with Gasteiger partial charge in [0.2, 0.25) is 10.0 Å². The van der Waals surface area contributed by atoms with Crippen LogP contribution in [0, 0.1) is 23.7 Å². The molecular weight excluding hydrogens is 286 g/mol. The van der Waals surface area contributed by atoms with Gasteiger partial charge in [-0.2, -0.15) is 0 Å². The lowest BCUT2D eigenvalue weighted by atomic mass is 10.0. The molecule has 2 bridgehead atoms. The van der Waals surface area contributed by atoms with Crippen LogP contribution in [-0.4, -0.2) is 19.6 Å². The summed E-state index contributed by atoms with van der Waals surface area (Å²) >= 11 is 0. The van der Waals surface area contributed by atoms with E-state index in [1.807, 2.05) is 0 Å². The van der Waals surface area contributed by atoms with E-state index >= 15 is 0 Å².